The summed E-state index contributed by atoms with van der Waals surface area (Å²) in [7, 11) is 3.60. The highest BCUT2D eigenvalue weighted by molar-refractivity contribution is 5.98. The summed E-state index contributed by atoms with van der Waals surface area (Å²) in [5.41, 5.74) is -0.295. The maximum absolute atomic E-state index is 13.9. The number of halogens is 1. The van der Waals surface area contributed by atoms with Gasteiger partial charge >= 0.3 is 11.9 Å². The van der Waals surface area contributed by atoms with E-state index in [0.29, 0.717) is 0 Å². The Labute approximate surface area is 115 Å². The summed E-state index contributed by atoms with van der Waals surface area (Å²) in [6.07, 6.45) is 0.866. The standard InChI is InChI=1S/C13H14FNO5/c1-18-10-6-4-5-8(12(10)14)15-9(13(17)20-3)7-11(16)19-2/h4-7,15H,1-3H3/b9-7-. The maximum atomic E-state index is 13.9. The zero-order chi connectivity index (χ0) is 15.1. The van der Waals surface area contributed by atoms with E-state index in [1.54, 1.807) is 0 Å². The van der Waals surface area contributed by atoms with Gasteiger partial charge in [-0.2, -0.15) is 0 Å². The van der Waals surface area contributed by atoms with E-state index in [0.717, 1.165) is 20.3 Å². The van der Waals surface area contributed by atoms with Crippen LogP contribution in [0.3, 0.4) is 0 Å². The highest BCUT2D eigenvalue weighted by atomic mass is 19.1. The van der Waals surface area contributed by atoms with Gasteiger partial charge in [-0.05, 0) is 12.1 Å². The average molecular weight is 283 g/mol. The number of esters is 2. The van der Waals surface area contributed by atoms with Crippen LogP contribution in [0.25, 0.3) is 0 Å². The van der Waals surface area contributed by atoms with Gasteiger partial charge in [-0.15, -0.1) is 0 Å². The lowest BCUT2D eigenvalue weighted by Crippen LogP contribution is -2.16. The molecule has 6 nitrogen and oxygen atoms in total. The Kier molecular flexibility index (Phi) is 5.52. The minimum absolute atomic E-state index is 0.00251. The van der Waals surface area contributed by atoms with E-state index in [2.05, 4.69) is 14.8 Å². The van der Waals surface area contributed by atoms with E-state index in [1.165, 1.54) is 25.3 Å². The molecular formula is C13H14FNO5. The van der Waals surface area contributed by atoms with Crippen LogP contribution in [0.2, 0.25) is 0 Å². The SMILES string of the molecule is COC(=O)/C=C(\Nc1cccc(OC)c1F)C(=O)OC. The van der Waals surface area contributed by atoms with E-state index >= 15 is 0 Å². The minimum Gasteiger partial charge on any atom is -0.494 e. The highest BCUT2D eigenvalue weighted by Gasteiger charge is 2.16. The third-order valence-corrected chi connectivity index (χ3v) is 2.32. The van der Waals surface area contributed by atoms with Gasteiger partial charge in [0.25, 0.3) is 0 Å². The van der Waals surface area contributed by atoms with Crippen molar-refractivity contribution < 1.29 is 28.2 Å². The predicted molar refractivity (Wildman–Crippen MR) is 68.7 cm³/mol. The van der Waals surface area contributed by atoms with Crippen molar-refractivity contribution >= 4 is 17.6 Å². The summed E-state index contributed by atoms with van der Waals surface area (Å²) in [5, 5.41) is 2.47. The number of carbonyl (C=O) groups excluding carboxylic acids is 2. The molecule has 1 aromatic rings. The largest absolute Gasteiger partial charge is 0.494 e. The Hall–Kier alpha value is -2.57. The van der Waals surface area contributed by atoms with Crippen molar-refractivity contribution in [1.82, 2.24) is 0 Å². The summed E-state index contributed by atoms with van der Waals surface area (Å²) in [5.74, 6) is -2.31. The van der Waals surface area contributed by atoms with E-state index in [1.807, 2.05) is 0 Å². The highest BCUT2D eigenvalue weighted by Crippen LogP contribution is 2.25. The summed E-state index contributed by atoms with van der Waals surface area (Å²) in [4.78, 5) is 22.7. The quantitative estimate of drug-likeness (QED) is 0.651. The van der Waals surface area contributed by atoms with Gasteiger partial charge in [0.2, 0.25) is 0 Å². The molecule has 0 saturated carbocycles. The summed E-state index contributed by atoms with van der Waals surface area (Å²) in [6.45, 7) is 0. The summed E-state index contributed by atoms with van der Waals surface area (Å²) < 4.78 is 27.7. The van der Waals surface area contributed by atoms with Gasteiger partial charge in [-0.1, -0.05) is 6.07 Å². The first-order valence-corrected chi connectivity index (χ1v) is 5.51. The Morgan fingerprint density at radius 1 is 1.20 bits per heavy atom. The Bertz CT molecular complexity index is 542. The van der Waals surface area contributed by atoms with Gasteiger partial charge in [-0.3, -0.25) is 0 Å². The molecule has 20 heavy (non-hydrogen) atoms. The van der Waals surface area contributed by atoms with Crippen LogP contribution in [0.15, 0.2) is 30.0 Å². The van der Waals surface area contributed by atoms with Crippen molar-refractivity contribution in [2.75, 3.05) is 26.6 Å². The van der Waals surface area contributed by atoms with Crippen LogP contribution in [-0.4, -0.2) is 33.3 Å². The molecular weight excluding hydrogens is 269 g/mol. The van der Waals surface area contributed by atoms with Crippen LogP contribution in [-0.2, 0) is 19.1 Å². The normalized spacial score (nSPS) is 10.7. The van der Waals surface area contributed by atoms with E-state index < -0.39 is 17.8 Å². The first-order valence-electron chi connectivity index (χ1n) is 5.51. The van der Waals surface area contributed by atoms with E-state index in [4.69, 9.17) is 4.74 Å². The van der Waals surface area contributed by atoms with Gasteiger partial charge in [0.05, 0.1) is 33.1 Å². The molecule has 0 aromatic heterocycles. The van der Waals surface area contributed by atoms with Gasteiger partial charge in [-0.25, -0.2) is 14.0 Å². The molecule has 0 amide bonds. The third-order valence-electron chi connectivity index (χ3n) is 2.32. The Balaban J connectivity index is 3.11. The molecule has 0 aliphatic rings. The smallest absolute Gasteiger partial charge is 0.354 e. The lowest BCUT2D eigenvalue weighted by molar-refractivity contribution is -0.138. The van der Waals surface area contributed by atoms with Crippen LogP contribution in [0, 0.1) is 5.82 Å². The number of carbonyl (C=O) groups is 2. The second kappa shape index (κ2) is 7.13. The molecule has 0 heterocycles. The Morgan fingerprint density at radius 2 is 1.90 bits per heavy atom. The van der Waals surface area contributed by atoms with Crippen molar-refractivity contribution in [3.63, 3.8) is 0 Å². The molecule has 1 rings (SSSR count). The van der Waals surface area contributed by atoms with Crippen molar-refractivity contribution in [3.05, 3.63) is 35.8 Å². The van der Waals surface area contributed by atoms with Crippen molar-refractivity contribution in [1.29, 1.82) is 0 Å². The minimum atomic E-state index is -0.836. The molecule has 0 radical (unpaired) electrons. The van der Waals surface area contributed by atoms with Gasteiger partial charge in [0.1, 0.15) is 5.70 Å². The zero-order valence-corrected chi connectivity index (χ0v) is 11.2. The molecule has 0 bridgehead atoms. The fraction of sp³-hybridized carbons (Fsp3) is 0.231. The topological polar surface area (TPSA) is 73.9 Å². The number of methoxy groups -OCH3 is 3. The number of nitrogens with one attached hydrogen (secondary N) is 1. The molecule has 1 N–H and O–H groups in total. The van der Waals surface area contributed by atoms with Crippen LogP contribution >= 0.6 is 0 Å². The number of hydrogen-bond donors (Lipinski definition) is 1. The van der Waals surface area contributed by atoms with Crippen LogP contribution in [0.4, 0.5) is 10.1 Å². The molecule has 0 spiro atoms. The van der Waals surface area contributed by atoms with E-state index in [-0.39, 0.29) is 17.1 Å². The van der Waals surface area contributed by atoms with Gasteiger partial charge in [0, 0.05) is 0 Å². The van der Waals surface area contributed by atoms with Gasteiger partial charge in [0.15, 0.2) is 11.6 Å². The molecule has 1 aromatic carbocycles. The van der Waals surface area contributed by atoms with E-state index in [9.17, 15) is 14.0 Å². The van der Waals surface area contributed by atoms with Crippen LogP contribution in [0.1, 0.15) is 0 Å². The molecule has 0 aliphatic heterocycles. The second-order valence-corrected chi connectivity index (χ2v) is 3.52. The van der Waals surface area contributed by atoms with Crippen LogP contribution in [0.5, 0.6) is 5.75 Å². The first kappa shape index (κ1) is 15.5. The molecule has 0 fully saturated rings. The van der Waals surface area contributed by atoms with Crippen molar-refractivity contribution in [2.45, 2.75) is 0 Å². The first-order chi connectivity index (χ1) is 9.53. The lowest BCUT2D eigenvalue weighted by Gasteiger charge is -2.11. The fourth-order valence-corrected chi connectivity index (χ4v) is 1.34. The monoisotopic (exact) mass is 283 g/mol. The molecule has 0 saturated heterocycles. The Morgan fingerprint density at radius 3 is 2.45 bits per heavy atom. The third kappa shape index (κ3) is 3.71. The number of ether oxygens (including phenoxy) is 3. The number of benzene rings is 1. The van der Waals surface area contributed by atoms with Gasteiger partial charge < -0.3 is 19.5 Å². The molecule has 0 unspecified atom stereocenters. The molecule has 0 aliphatic carbocycles. The van der Waals surface area contributed by atoms with Crippen molar-refractivity contribution in [3.8, 4) is 5.75 Å². The molecule has 108 valence electrons. The predicted octanol–water partition coefficient (Wildman–Crippen LogP) is 1.48. The molecule has 7 heteroatoms. The summed E-state index contributed by atoms with van der Waals surface area (Å²) in [6, 6.07) is 4.32. The van der Waals surface area contributed by atoms with Crippen molar-refractivity contribution in [2.24, 2.45) is 0 Å². The average Bonchev–Trinajstić information content (AvgIpc) is 2.47. The van der Waals surface area contributed by atoms with Crippen LogP contribution < -0.4 is 10.1 Å². The maximum Gasteiger partial charge on any atom is 0.354 e. The zero-order valence-electron chi connectivity index (χ0n) is 11.2. The fourth-order valence-electron chi connectivity index (χ4n) is 1.34. The summed E-state index contributed by atoms with van der Waals surface area (Å²) >= 11 is 0. The number of hydrogen-bond acceptors (Lipinski definition) is 6. The second-order valence-electron chi connectivity index (χ2n) is 3.52. The lowest BCUT2D eigenvalue weighted by atomic mass is 10.2. The number of anilines is 1. The molecule has 0 atom stereocenters. The number of rotatable bonds is 5.